The van der Waals surface area contributed by atoms with Crippen molar-refractivity contribution in [3.05, 3.63) is 58.7 Å². The number of hydrogen-bond donors (Lipinski definition) is 1. The summed E-state index contributed by atoms with van der Waals surface area (Å²) in [5, 5.41) is 4.03. The van der Waals surface area contributed by atoms with Crippen molar-refractivity contribution in [1.29, 1.82) is 0 Å². The van der Waals surface area contributed by atoms with E-state index >= 15 is 0 Å². The highest BCUT2D eigenvalue weighted by Crippen LogP contribution is 2.19. The van der Waals surface area contributed by atoms with Crippen LogP contribution in [0.3, 0.4) is 0 Å². The first-order valence-electron chi connectivity index (χ1n) is 7.01. The van der Waals surface area contributed by atoms with Crippen LogP contribution >= 0.6 is 11.6 Å². The van der Waals surface area contributed by atoms with Crippen molar-refractivity contribution in [2.24, 2.45) is 0 Å². The summed E-state index contributed by atoms with van der Waals surface area (Å²) in [6.45, 7) is 7.44. The van der Waals surface area contributed by atoms with Crippen LogP contribution in [0.2, 0.25) is 5.02 Å². The Balaban J connectivity index is 2.01. The van der Waals surface area contributed by atoms with Gasteiger partial charge in [-0.15, -0.1) is 0 Å². The fourth-order valence-corrected chi connectivity index (χ4v) is 1.92. The van der Waals surface area contributed by atoms with Crippen LogP contribution in [0.25, 0.3) is 0 Å². The highest BCUT2D eigenvalue weighted by atomic mass is 35.5. The molecule has 2 rings (SSSR count). The Morgan fingerprint density at radius 1 is 1.10 bits per heavy atom. The Morgan fingerprint density at radius 2 is 1.81 bits per heavy atom. The third-order valence-electron chi connectivity index (χ3n) is 2.91. The number of aromatic nitrogens is 1. The van der Waals surface area contributed by atoms with Crippen LogP contribution in [-0.2, 0) is 13.2 Å². The molecule has 0 unspecified atom stereocenters. The number of nitrogens with zero attached hydrogens (tertiary/aromatic N) is 1. The third-order valence-corrected chi connectivity index (χ3v) is 3.25. The number of ether oxygens (including phenoxy) is 1. The van der Waals surface area contributed by atoms with Crippen molar-refractivity contribution in [3.8, 4) is 5.88 Å². The lowest BCUT2D eigenvalue weighted by Gasteiger charge is -2.20. The predicted molar refractivity (Wildman–Crippen MR) is 86.6 cm³/mol. The van der Waals surface area contributed by atoms with Crippen molar-refractivity contribution >= 4 is 11.6 Å². The van der Waals surface area contributed by atoms with Crippen LogP contribution in [0.15, 0.2) is 42.5 Å². The van der Waals surface area contributed by atoms with E-state index in [1.165, 1.54) is 0 Å². The summed E-state index contributed by atoms with van der Waals surface area (Å²) in [7, 11) is 0. The minimum absolute atomic E-state index is 0.0198. The first-order chi connectivity index (χ1) is 9.94. The zero-order chi connectivity index (χ0) is 15.3. The smallest absolute Gasteiger partial charge is 0.213 e. The van der Waals surface area contributed by atoms with Crippen LogP contribution in [0.1, 0.15) is 32.0 Å². The molecule has 3 nitrogen and oxygen atoms in total. The summed E-state index contributed by atoms with van der Waals surface area (Å²) < 4.78 is 5.72. The maximum Gasteiger partial charge on any atom is 0.213 e. The first kappa shape index (κ1) is 15.8. The molecule has 0 atom stereocenters. The molecule has 0 aliphatic rings. The second-order valence-corrected chi connectivity index (χ2v) is 6.36. The van der Waals surface area contributed by atoms with Gasteiger partial charge in [0.25, 0.3) is 0 Å². The molecule has 0 saturated heterocycles. The summed E-state index contributed by atoms with van der Waals surface area (Å²) >= 11 is 6.18. The molecule has 4 heteroatoms. The summed E-state index contributed by atoms with van der Waals surface area (Å²) in [5.41, 5.74) is 1.94. The number of pyridine rings is 1. The number of halogens is 1. The lowest BCUT2D eigenvalue weighted by Crippen LogP contribution is -2.35. The van der Waals surface area contributed by atoms with Crippen molar-refractivity contribution in [2.75, 3.05) is 0 Å². The molecule has 2 aromatic rings. The summed E-state index contributed by atoms with van der Waals surface area (Å²) in [6.07, 6.45) is 0. The van der Waals surface area contributed by atoms with Gasteiger partial charge in [-0.25, -0.2) is 4.98 Å². The normalized spacial score (nSPS) is 11.4. The van der Waals surface area contributed by atoms with Crippen LogP contribution in [0.4, 0.5) is 0 Å². The predicted octanol–water partition coefficient (Wildman–Crippen LogP) is 4.20. The second-order valence-electron chi connectivity index (χ2n) is 5.96. The van der Waals surface area contributed by atoms with Gasteiger partial charge in [0.05, 0.1) is 10.7 Å². The maximum atomic E-state index is 6.18. The fourth-order valence-electron chi connectivity index (χ4n) is 1.75. The molecule has 1 N–H and O–H groups in total. The molecular formula is C17H21ClN2O. The number of hydrogen-bond acceptors (Lipinski definition) is 3. The lowest BCUT2D eigenvalue weighted by molar-refractivity contribution is 0.292. The molecule has 1 aromatic carbocycles. The monoisotopic (exact) mass is 304 g/mol. The number of nitrogens with one attached hydrogen (secondary N) is 1. The second kappa shape index (κ2) is 6.92. The summed E-state index contributed by atoms with van der Waals surface area (Å²) in [4.78, 5) is 4.47. The molecule has 0 spiro atoms. The van der Waals surface area contributed by atoms with Crippen molar-refractivity contribution in [3.63, 3.8) is 0 Å². The molecule has 21 heavy (non-hydrogen) atoms. The standard InChI is InChI=1S/C17H21ClN2O/c1-17(2,3)19-11-15-14(18)9-10-16(20-15)21-12-13-7-5-4-6-8-13/h4-10,19H,11-12H2,1-3H3. The van der Waals surface area contributed by atoms with Gasteiger partial charge >= 0.3 is 0 Å². The highest BCUT2D eigenvalue weighted by molar-refractivity contribution is 6.31. The number of rotatable bonds is 5. The van der Waals surface area contributed by atoms with Gasteiger partial charge in [-0.05, 0) is 32.4 Å². The molecule has 0 radical (unpaired) electrons. The Morgan fingerprint density at radius 3 is 2.48 bits per heavy atom. The van der Waals surface area contributed by atoms with E-state index in [1.807, 2.05) is 36.4 Å². The Hall–Kier alpha value is -1.58. The molecule has 0 fully saturated rings. The van der Waals surface area contributed by atoms with Gasteiger partial charge in [-0.1, -0.05) is 41.9 Å². The molecular weight excluding hydrogens is 284 g/mol. The quantitative estimate of drug-likeness (QED) is 0.899. The molecule has 0 amide bonds. The summed E-state index contributed by atoms with van der Waals surface area (Å²) in [5.74, 6) is 0.592. The minimum atomic E-state index is 0.0198. The molecule has 0 aliphatic heterocycles. The fraction of sp³-hybridized carbons (Fsp3) is 0.353. The van der Waals surface area contributed by atoms with E-state index in [4.69, 9.17) is 16.3 Å². The van der Waals surface area contributed by atoms with E-state index < -0.39 is 0 Å². The van der Waals surface area contributed by atoms with Crippen molar-refractivity contribution in [2.45, 2.75) is 39.5 Å². The topological polar surface area (TPSA) is 34.2 Å². The maximum absolute atomic E-state index is 6.18. The van der Waals surface area contributed by atoms with Gasteiger partial charge in [0, 0.05) is 18.2 Å². The molecule has 0 aliphatic carbocycles. The van der Waals surface area contributed by atoms with Crippen LogP contribution in [0, 0.1) is 0 Å². The van der Waals surface area contributed by atoms with Gasteiger partial charge in [-0.2, -0.15) is 0 Å². The molecule has 112 valence electrons. The average Bonchev–Trinajstić information content (AvgIpc) is 2.45. The van der Waals surface area contributed by atoms with E-state index in [0.29, 0.717) is 24.1 Å². The minimum Gasteiger partial charge on any atom is -0.473 e. The highest BCUT2D eigenvalue weighted by Gasteiger charge is 2.11. The van der Waals surface area contributed by atoms with Gasteiger partial charge in [0.15, 0.2) is 0 Å². The van der Waals surface area contributed by atoms with E-state index in [9.17, 15) is 0 Å². The largest absolute Gasteiger partial charge is 0.473 e. The van der Waals surface area contributed by atoms with Gasteiger partial charge in [0.2, 0.25) is 5.88 Å². The van der Waals surface area contributed by atoms with E-state index in [-0.39, 0.29) is 5.54 Å². The SMILES string of the molecule is CC(C)(C)NCc1nc(OCc2ccccc2)ccc1Cl. The van der Waals surface area contributed by atoms with E-state index in [0.717, 1.165) is 11.3 Å². The Kier molecular flexibility index (Phi) is 5.21. The Labute approximate surface area is 131 Å². The molecule has 0 saturated carbocycles. The van der Waals surface area contributed by atoms with Crippen molar-refractivity contribution < 1.29 is 4.74 Å². The van der Waals surface area contributed by atoms with Crippen LogP contribution in [-0.4, -0.2) is 10.5 Å². The zero-order valence-electron chi connectivity index (χ0n) is 12.7. The van der Waals surface area contributed by atoms with Crippen molar-refractivity contribution in [1.82, 2.24) is 10.3 Å². The summed E-state index contributed by atoms with van der Waals surface area (Å²) in [6, 6.07) is 13.6. The molecule has 1 aromatic heterocycles. The lowest BCUT2D eigenvalue weighted by atomic mass is 10.1. The van der Waals surface area contributed by atoms with Gasteiger partial charge < -0.3 is 10.1 Å². The Bertz CT molecular complexity index is 579. The number of benzene rings is 1. The van der Waals surface area contributed by atoms with Gasteiger partial charge in [-0.3, -0.25) is 0 Å². The van der Waals surface area contributed by atoms with E-state index in [1.54, 1.807) is 6.07 Å². The molecule has 0 bridgehead atoms. The molecule has 1 heterocycles. The average molecular weight is 305 g/mol. The third kappa shape index (κ3) is 5.37. The van der Waals surface area contributed by atoms with Crippen LogP contribution in [0.5, 0.6) is 5.88 Å². The zero-order valence-corrected chi connectivity index (χ0v) is 13.4. The van der Waals surface area contributed by atoms with Crippen LogP contribution < -0.4 is 10.1 Å². The van der Waals surface area contributed by atoms with E-state index in [2.05, 4.69) is 31.1 Å². The first-order valence-corrected chi connectivity index (χ1v) is 7.39. The van der Waals surface area contributed by atoms with Gasteiger partial charge in [0.1, 0.15) is 6.61 Å².